The fourth-order valence-corrected chi connectivity index (χ4v) is 4.91. The van der Waals surface area contributed by atoms with Gasteiger partial charge in [-0.05, 0) is 50.0 Å². The molecule has 0 aromatic heterocycles. The molecule has 0 spiro atoms. The van der Waals surface area contributed by atoms with Gasteiger partial charge >= 0.3 is 5.97 Å². The number of benzene rings is 1. The smallest absolute Gasteiger partial charge is 0.310 e. The van der Waals surface area contributed by atoms with Crippen LogP contribution in [0.5, 0.6) is 0 Å². The van der Waals surface area contributed by atoms with Crippen LogP contribution in [0.25, 0.3) is 0 Å². The summed E-state index contributed by atoms with van der Waals surface area (Å²) in [7, 11) is 0. The van der Waals surface area contributed by atoms with E-state index in [1.807, 2.05) is 30.3 Å². The van der Waals surface area contributed by atoms with Crippen LogP contribution in [0.3, 0.4) is 0 Å². The zero-order valence-corrected chi connectivity index (χ0v) is 18.6. The van der Waals surface area contributed by atoms with Crippen molar-refractivity contribution in [2.75, 3.05) is 0 Å². The molecule has 1 aromatic rings. The average molecular weight is 417 g/mol. The van der Waals surface area contributed by atoms with Crippen LogP contribution in [0, 0.1) is 11.8 Å². The molecule has 1 aliphatic rings. The zero-order valence-electron chi connectivity index (χ0n) is 18.6. The maximum atomic E-state index is 12.3. The average Bonchev–Trinajstić information content (AvgIpc) is 3.09. The van der Waals surface area contributed by atoms with Crippen molar-refractivity contribution >= 4 is 11.8 Å². The number of carbonyl (C=O) groups is 2. The lowest BCUT2D eigenvalue weighted by atomic mass is 9.85. The van der Waals surface area contributed by atoms with Crippen LogP contribution in [-0.2, 0) is 9.59 Å². The monoisotopic (exact) mass is 416 g/mol. The maximum Gasteiger partial charge on any atom is 0.310 e. The first-order valence-electron chi connectivity index (χ1n) is 12.0. The molecule has 1 aromatic carbocycles. The summed E-state index contributed by atoms with van der Waals surface area (Å²) in [5.74, 6) is -0.231. The van der Waals surface area contributed by atoms with Gasteiger partial charge in [-0.1, -0.05) is 75.8 Å². The molecule has 0 saturated heterocycles. The lowest BCUT2D eigenvalue weighted by molar-refractivity contribution is -0.139. The minimum Gasteiger partial charge on any atom is -0.481 e. The highest BCUT2D eigenvalue weighted by molar-refractivity contribution is 5.83. The van der Waals surface area contributed by atoms with E-state index in [0.717, 1.165) is 63.4 Å². The molecule has 2 N–H and O–H groups in total. The number of unbranched alkanes of at least 4 members (excludes halogenated alkanes) is 4. The van der Waals surface area contributed by atoms with Crippen molar-refractivity contribution in [3.05, 3.63) is 35.9 Å². The third kappa shape index (κ3) is 8.22. The SMILES string of the molecule is CCCCCC(O)CC[C@H]1CCC(=O)[C@@H]1CCCCCC(C(=O)O)c1ccccc1. The molecule has 4 atom stereocenters. The van der Waals surface area contributed by atoms with E-state index >= 15 is 0 Å². The van der Waals surface area contributed by atoms with Crippen LogP contribution in [0.15, 0.2) is 30.3 Å². The van der Waals surface area contributed by atoms with Gasteiger partial charge in [-0.3, -0.25) is 9.59 Å². The fraction of sp³-hybridized carbons (Fsp3) is 0.692. The van der Waals surface area contributed by atoms with Gasteiger partial charge in [0.25, 0.3) is 0 Å². The summed E-state index contributed by atoms with van der Waals surface area (Å²) in [6.45, 7) is 2.17. The summed E-state index contributed by atoms with van der Waals surface area (Å²) in [5, 5.41) is 19.7. The standard InChI is InChI=1S/C26H40O4/c1-2-3-6-13-22(27)18-16-21-17-19-25(28)23(21)14-9-5-10-15-24(26(29)30)20-11-7-4-8-12-20/h4,7-8,11-12,21-24,27H,2-3,5-6,9-10,13-19H2,1H3,(H,29,30)/t21-,22?,23+,24?/m0/s1. The van der Waals surface area contributed by atoms with E-state index in [4.69, 9.17) is 0 Å². The van der Waals surface area contributed by atoms with Crippen LogP contribution in [0.4, 0.5) is 0 Å². The van der Waals surface area contributed by atoms with Crippen molar-refractivity contribution in [1.82, 2.24) is 0 Å². The number of carboxylic acid groups (broad SMARTS) is 1. The summed E-state index contributed by atoms with van der Waals surface area (Å²) >= 11 is 0. The van der Waals surface area contributed by atoms with Crippen LogP contribution in [-0.4, -0.2) is 28.1 Å². The van der Waals surface area contributed by atoms with Crippen LogP contribution in [0.1, 0.15) is 102 Å². The van der Waals surface area contributed by atoms with Crippen molar-refractivity contribution in [2.24, 2.45) is 11.8 Å². The van der Waals surface area contributed by atoms with Crippen molar-refractivity contribution in [3.8, 4) is 0 Å². The summed E-state index contributed by atoms with van der Waals surface area (Å²) < 4.78 is 0. The fourth-order valence-electron chi connectivity index (χ4n) is 4.91. The van der Waals surface area contributed by atoms with Crippen LogP contribution >= 0.6 is 0 Å². The first-order valence-corrected chi connectivity index (χ1v) is 12.0. The second kappa shape index (κ2) is 13.6. The molecular formula is C26H40O4. The maximum absolute atomic E-state index is 12.3. The lowest BCUT2D eigenvalue weighted by Gasteiger charge is -2.20. The summed E-state index contributed by atoms with van der Waals surface area (Å²) in [6.07, 6.45) is 11.9. The van der Waals surface area contributed by atoms with Crippen molar-refractivity contribution in [3.63, 3.8) is 0 Å². The van der Waals surface area contributed by atoms with Crippen LogP contribution in [0.2, 0.25) is 0 Å². The Labute approximate surface area is 182 Å². The van der Waals surface area contributed by atoms with E-state index in [2.05, 4.69) is 6.92 Å². The summed E-state index contributed by atoms with van der Waals surface area (Å²) in [4.78, 5) is 23.9. The number of aliphatic carboxylic acids is 1. The molecule has 30 heavy (non-hydrogen) atoms. The topological polar surface area (TPSA) is 74.6 Å². The molecule has 0 aliphatic heterocycles. The molecule has 4 heteroatoms. The van der Waals surface area contributed by atoms with Crippen molar-refractivity contribution < 1.29 is 19.8 Å². The zero-order chi connectivity index (χ0) is 21.8. The Kier molecular flexibility index (Phi) is 11.1. The van der Waals surface area contributed by atoms with Crippen molar-refractivity contribution in [1.29, 1.82) is 0 Å². The van der Waals surface area contributed by atoms with E-state index in [1.54, 1.807) is 0 Å². The summed E-state index contributed by atoms with van der Waals surface area (Å²) in [5.41, 5.74) is 0.869. The minimum atomic E-state index is -0.760. The molecule has 1 aliphatic carbocycles. The van der Waals surface area contributed by atoms with E-state index < -0.39 is 11.9 Å². The minimum absolute atomic E-state index is 0.150. The Morgan fingerprint density at radius 3 is 2.43 bits per heavy atom. The van der Waals surface area contributed by atoms with Gasteiger partial charge in [-0.2, -0.15) is 0 Å². The Morgan fingerprint density at radius 1 is 1.00 bits per heavy atom. The number of hydrogen-bond donors (Lipinski definition) is 2. The molecule has 2 rings (SSSR count). The molecule has 168 valence electrons. The highest BCUT2D eigenvalue weighted by Crippen LogP contribution is 2.36. The number of aliphatic hydroxyl groups excluding tert-OH is 1. The Hall–Kier alpha value is -1.68. The molecule has 0 amide bonds. The van der Waals surface area contributed by atoms with Gasteiger partial charge < -0.3 is 10.2 Å². The largest absolute Gasteiger partial charge is 0.481 e. The third-order valence-corrected chi connectivity index (χ3v) is 6.76. The number of hydrogen-bond acceptors (Lipinski definition) is 3. The molecule has 1 saturated carbocycles. The number of carbonyl (C=O) groups excluding carboxylic acids is 1. The van der Waals surface area contributed by atoms with Crippen LogP contribution < -0.4 is 0 Å². The predicted octanol–water partition coefficient (Wildman–Crippen LogP) is 6.12. The first-order chi connectivity index (χ1) is 14.5. The Morgan fingerprint density at radius 2 is 1.73 bits per heavy atom. The number of rotatable bonds is 15. The highest BCUT2D eigenvalue weighted by atomic mass is 16.4. The molecule has 0 radical (unpaired) electrons. The molecule has 1 fully saturated rings. The molecule has 0 heterocycles. The van der Waals surface area contributed by atoms with Gasteiger partial charge in [-0.25, -0.2) is 0 Å². The Bertz CT molecular complexity index is 627. The number of Topliss-reactive ketones (excluding diaryl/α,β-unsaturated/α-hetero) is 1. The molecular weight excluding hydrogens is 376 g/mol. The van der Waals surface area contributed by atoms with Gasteiger partial charge in [0.15, 0.2) is 0 Å². The van der Waals surface area contributed by atoms with Gasteiger partial charge in [-0.15, -0.1) is 0 Å². The normalized spacial score (nSPS) is 20.9. The molecule has 0 bridgehead atoms. The van der Waals surface area contributed by atoms with Gasteiger partial charge in [0.05, 0.1) is 12.0 Å². The van der Waals surface area contributed by atoms with Gasteiger partial charge in [0, 0.05) is 12.3 Å². The lowest BCUT2D eigenvalue weighted by Crippen LogP contribution is -2.17. The second-order valence-electron chi connectivity index (χ2n) is 9.04. The van der Waals surface area contributed by atoms with Gasteiger partial charge in [0.2, 0.25) is 0 Å². The van der Waals surface area contributed by atoms with Gasteiger partial charge in [0.1, 0.15) is 5.78 Å². The Balaban J connectivity index is 1.69. The number of ketones is 1. The number of aliphatic hydroxyl groups is 1. The first kappa shape index (κ1) is 24.6. The highest BCUT2D eigenvalue weighted by Gasteiger charge is 2.33. The van der Waals surface area contributed by atoms with E-state index in [-0.39, 0.29) is 12.0 Å². The number of carboxylic acids is 1. The summed E-state index contributed by atoms with van der Waals surface area (Å²) in [6, 6.07) is 9.45. The van der Waals surface area contributed by atoms with E-state index in [0.29, 0.717) is 24.5 Å². The molecule has 4 nitrogen and oxygen atoms in total. The third-order valence-electron chi connectivity index (χ3n) is 6.76. The van der Waals surface area contributed by atoms with Crippen molar-refractivity contribution in [2.45, 2.75) is 102 Å². The predicted molar refractivity (Wildman–Crippen MR) is 121 cm³/mol. The quantitative estimate of drug-likeness (QED) is 0.338. The molecule has 2 unspecified atom stereocenters. The second-order valence-corrected chi connectivity index (χ2v) is 9.04. The van der Waals surface area contributed by atoms with E-state index in [1.165, 1.54) is 12.8 Å². The van der Waals surface area contributed by atoms with E-state index in [9.17, 15) is 19.8 Å².